The molecule has 0 aromatic heterocycles. The van der Waals surface area contributed by atoms with Crippen LogP contribution in [0.25, 0.3) is 0 Å². The summed E-state index contributed by atoms with van der Waals surface area (Å²) in [6.45, 7) is 2.26. The minimum Gasteiger partial charge on any atom is -0.139 e. The van der Waals surface area contributed by atoms with Crippen LogP contribution in [0.2, 0.25) is 6.32 Å². The van der Waals surface area contributed by atoms with Crippen LogP contribution in [-0.2, 0) is 0 Å². The van der Waals surface area contributed by atoms with Gasteiger partial charge in [-0.25, -0.2) is 0 Å². The molecule has 0 amide bonds. The molecule has 0 unspecified atom stereocenters. The predicted molar refractivity (Wildman–Crippen MR) is 61.8 cm³/mol. The second-order valence-corrected chi connectivity index (χ2v) is 6.39. The first-order chi connectivity index (χ1) is 5.27. The summed E-state index contributed by atoms with van der Waals surface area (Å²) in [6.07, 6.45) is 9.60. The van der Waals surface area contributed by atoms with E-state index in [1.54, 1.807) is 0 Å². The first kappa shape index (κ1) is 12.0. The van der Waals surface area contributed by atoms with E-state index >= 15 is 0 Å². The number of hydrogen-bond donors (Lipinski definition) is 0. The number of halogens is 2. The Morgan fingerprint density at radius 3 is 2.00 bits per heavy atom. The molecule has 0 saturated carbocycles. The summed E-state index contributed by atoms with van der Waals surface area (Å²) in [6, 6.07) is 0. The molecular formula is C8H17BBr2. The Balaban J connectivity index is 2.80. The summed E-state index contributed by atoms with van der Waals surface area (Å²) >= 11 is 6.95. The van der Waals surface area contributed by atoms with Gasteiger partial charge in [0.1, 0.15) is 0 Å². The number of hydrogen-bond acceptors (Lipinski definition) is 0. The first-order valence-electron chi connectivity index (χ1n) is 4.55. The lowest BCUT2D eigenvalue weighted by molar-refractivity contribution is 0.624. The fraction of sp³-hybridized carbons (Fsp3) is 1.00. The molecule has 0 saturated heterocycles. The molecule has 0 radical (unpaired) electrons. The molecule has 0 aromatic carbocycles. The summed E-state index contributed by atoms with van der Waals surface area (Å²) in [5, 5.41) is 0. The molecule has 0 fully saturated rings. The second kappa shape index (κ2) is 9.12. The second-order valence-electron chi connectivity index (χ2n) is 2.95. The molecule has 3 heteroatoms. The van der Waals surface area contributed by atoms with Crippen LogP contribution in [0.3, 0.4) is 0 Å². The molecule has 0 aliphatic carbocycles. The van der Waals surface area contributed by atoms with Gasteiger partial charge in [0, 0.05) is 0 Å². The molecule has 0 aliphatic heterocycles. The molecule has 0 nitrogen and oxygen atoms in total. The minimum atomic E-state index is 0.529. The van der Waals surface area contributed by atoms with E-state index in [0.29, 0.717) is 4.36 Å². The van der Waals surface area contributed by atoms with E-state index in [0.717, 1.165) is 0 Å². The lowest BCUT2D eigenvalue weighted by atomic mass is 9.97. The Morgan fingerprint density at radius 1 is 0.909 bits per heavy atom. The van der Waals surface area contributed by atoms with E-state index in [1.807, 2.05) is 0 Å². The van der Waals surface area contributed by atoms with Crippen LogP contribution in [-0.4, -0.2) is 4.36 Å². The molecule has 0 aliphatic rings. The fourth-order valence-electron chi connectivity index (χ4n) is 1.08. The van der Waals surface area contributed by atoms with Gasteiger partial charge in [-0.1, -0.05) is 51.8 Å². The van der Waals surface area contributed by atoms with Crippen molar-refractivity contribution in [3.05, 3.63) is 0 Å². The zero-order valence-electron chi connectivity index (χ0n) is 7.28. The maximum atomic E-state index is 3.47. The smallest absolute Gasteiger partial charge is 0.139 e. The molecule has 0 bridgehead atoms. The largest absolute Gasteiger partial charge is 0.298 e. The summed E-state index contributed by atoms with van der Waals surface area (Å²) in [7, 11) is 0. The molecular weight excluding hydrogens is 267 g/mol. The highest BCUT2D eigenvalue weighted by atomic mass is 79.9. The van der Waals surface area contributed by atoms with Gasteiger partial charge in [-0.05, 0) is 0 Å². The van der Waals surface area contributed by atoms with Gasteiger partial charge in [0.15, 0.2) is 0 Å². The molecule has 0 rings (SSSR count). The zero-order chi connectivity index (χ0) is 8.53. The van der Waals surface area contributed by atoms with Gasteiger partial charge in [-0.2, -0.15) is 0 Å². The van der Waals surface area contributed by atoms with Crippen molar-refractivity contribution in [1.29, 1.82) is 0 Å². The highest BCUT2D eigenvalue weighted by Gasteiger charge is 2.01. The minimum absolute atomic E-state index is 0.529. The highest BCUT2D eigenvalue weighted by Crippen LogP contribution is 2.14. The normalized spacial score (nSPS) is 10.1. The average molecular weight is 284 g/mol. The van der Waals surface area contributed by atoms with Gasteiger partial charge in [-0.3, -0.25) is 0 Å². The Labute approximate surface area is 87.5 Å². The van der Waals surface area contributed by atoms with E-state index in [1.165, 1.54) is 44.8 Å². The van der Waals surface area contributed by atoms with Crippen molar-refractivity contribution in [3.8, 4) is 0 Å². The van der Waals surface area contributed by atoms with Crippen LogP contribution in [0, 0.1) is 0 Å². The third-order valence-electron chi connectivity index (χ3n) is 1.78. The average Bonchev–Trinajstić information content (AvgIpc) is 1.96. The van der Waals surface area contributed by atoms with Crippen molar-refractivity contribution in [2.75, 3.05) is 0 Å². The van der Waals surface area contributed by atoms with Crippen LogP contribution in [0.15, 0.2) is 0 Å². The lowest BCUT2D eigenvalue weighted by Crippen LogP contribution is -1.89. The van der Waals surface area contributed by atoms with E-state index in [2.05, 4.69) is 38.4 Å². The van der Waals surface area contributed by atoms with Crippen LogP contribution in [0.4, 0.5) is 0 Å². The summed E-state index contributed by atoms with van der Waals surface area (Å²) in [5.74, 6) is 0. The molecule has 0 N–H and O–H groups in total. The van der Waals surface area contributed by atoms with Gasteiger partial charge in [-0.15, -0.1) is 31.5 Å². The van der Waals surface area contributed by atoms with Crippen molar-refractivity contribution < 1.29 is 0 Å². The number of unbranched alkanes of at least 4 members (excludes halogenated alkanes) is 5. The standard InChI is InChI=1S/C8H17BBr2/c1-2-3-4-5-6-7-8-9(10)11/h2-8H2,1H3. The van der Waals surface area contributed by atoms with Crippen molar-refractivity contribution in [1.82, 2.24) is 0 Å². The highest BCUT2D eigenvalue weighted by molar-refractivity contribution is 9.49. The maximum absolute atomic E-state index is 3.47. The quantitative estimate of drug-likeness (QED) is 0.472. The number of rotatable bonds is 7. The Morgan fingerprint density at radius 2 is 1.45 bits per heavy atom. The summed E-state index contributed by atoms with van der Waals surface area (Å²) < 4.78 is 0.529. The third kappa shape index (κ3) is 11.0. The Hall–Kier alpha value is 1.02. The van der Waals surface area contributed by atoms with E-state index < -0.39 is 0 Å². The van der Waals surface area contributed by atoms with E-state index in [9.17, 15) is 0 Å². The van der Waals surface area contributed by atoms with Crippen molar-refractivity contribution >= 4 is 35.9 Å². The van der Waals surface area contributed by atoms with Gasteiger partial charge < -0.3 is 0 Å². The third-order valence-corrected chi connectivity index (χ3v) is 2.69. The molecule has 0 spiro atoms. The van der Waals surface area contributed by atoms with Gasteiger partial charge in [0.05, 0.1) is 0 Å². The van der Waals surface area contributed by atoms with Crippen LogP contribution in [0.5, 0.6) is 0 Å². The van der Waals surface area contributed by atoms with E-state index in [4.69, 9.17) is 0 Å². The molecule has 0 aromatic rings. The lowest BCUT2D eigenvalue weighted by Gasteiger charge is -1.99. The van der Waals surface area contributed by atoms with Crippen LogP contribution in [0.1, 0.15) is 45.4 Å². The molecule has 0 heterocycles. The van der Waals surface area contributed by atoms with Crippen molar-refractivity contribution in [3.63, 3.8) is 0 Å². The fourth-order valence-corrected chi connectivity index (χ4v) is 1.73. The first-order valence-corrected chi connectivity index (χ1v) is 6.38. The summed E-state index contributed by atoms with van der Waals surface area (Å²) in [4.78, 5) is 0. The van der Waals surface area contributed by atoms with Gasteiger partial charge in [0.25, 0.3) is 4.36 Å². The monoisotopic (exact) mass is 282 g/mol. The maximum Gasteiger partial charge on any atom is 0.298 e. The van der Waals surface area contributed by atoms with Crippen molar-refractivity contribution in [2.24, 2.45) is 0 Å². The van der Waals surface area contributed by atoms with E-state index in [-0.39, 0.29) is 0 Å². The van der Waals surface area contributed by atoms with Gasteiger partial charge in [0.2, 0.25) is 0 Å². The van der Waals surface area contributed by atoms with Gasteiger partial charge >= 0.3 is 0 Å². The summed E-state index contributed by atoms with van der Waals surface area (Å²) in [5.41, 5.74) is 0. The molecule has 66 valence electrons. The Bertz CT molecular complexity index is 76.5. The van der Waals surface area contributed by atoms with Crippen LogP contribution >= 0.6 is 31.5 Å². The topological polar surface area (TPSA) is 0 Å². The Kier molecular flexibility index (Phi) is 9.96. The predicted octanol–water partition coefficient (Wildman–Crippen LogP) is 4.62. The van der Waals surface area contributed by atoms with Crippen LogP contribution < -0.4 is 0 Å². The molecule has 0 atom stereocenters. The van der Waals surface area contributed by atoms with Crippen molar-refractivity contribution in [2.45, 2.75) is 51.8 Å². The SMILES string of the molecule is CCCCCCCCB(Br)Br. The molecule has 11 heavy (non-hydrogen) atoms. The zero-order valence-corrected chi connectivity index (χ0v) is 10.5.